The molecular formula is C18H15N5O2S. The molecule has 0 saturated carbocycles. The molecular weight excluding hydrogens is 350 g/mol. The van der Waals surface area contributed by atoms with E-state index >= 15 is 0 Å². The first kappa shape index (κ1) is 15.3. The van der Waals surface area contributed by atoms with E-state index in [9.17, 15) is 4.79 Å². The van der Waals surface area contributed by atoms with Gasteiger partial charge in [0.05, 0.1) is 0 Å². The van der Waals surface area contributed by atoms with Crippen molar-refractivity contribution >= 4 is 22.2 Å². The third-order valence-electron chi connectivity index (χ3n) is 4.58. The van der Waals surface area contributed by atoms with Gasteiger partial charge in [-0.15, -0.1) is 11.3 Å². The first-order chi connectivity index (χ1) is 12.8. The van der Waals surface area contributed by atoms with Crippen LogP contribution in [0, 0.1) is 0 Å². The van der Waals surface area contributed by atoms with Gasteiger partial charge in [0.25, 0.3) is 5.91 Å². The van der Waals surface area contributed by atoms with E-state index in [0.717, 1.165) is 23.4 Å². The van der Waals surface area contributed by atoms with Gasteiger partial charge in [-0.2, -0.15) is 4.98 Å². The Kier molecular flexibility index (Phi) is 3.56. The lowest BCUT2D eigenvalue weighted by Crippen LogP contribution is -2.31. The Morgan fingerprint density at radius 2 is 2.12 bits per heavy atom. The van der Waals surface area contributed by atoms with Gasteiger partial charge in [0.1, 0.15) is 11.7 Å². The molecule has 3 aromatic heterocycles. The zero-order valence-electron chi connectivity index (χ0n) is 13.8. The van der Waals surface area contributed by atoms with Crippen molar-refractivity contribution in [3.05, 3.63) is 59.7 Å². The van der Waals surface area contributed by atoms with Crippen molar-refractivity contribution in [3.63, 3.8) is 0 Å². The fourth-order valence-electron chi connectivity index (χ4n) is 3.32. The number of aromatic nitrogens is 4. The number of carbonyl (C=O) groups is 1. The largest absolute Gasteiger partial charge is 0.337 e. The smallest absolute Gasteiger partial charge is 0.274 e. The molecule has 0 unspecified atom stereocenters. The third kappa shape index (κ3) is 2.50. The fourth-order valence-corrected chi connectivity index (χ4v) is 4.02. The van der Waals surface area contributed by atoms with E-state index in [4.69, 9.17) is 4.52 Å². The third-order valence-corrected chi connectivity index (χ3v) is 5.36. The number of fused-ring (bicyclic) bond motifs is 1. The van der Waals surface area contributed by atoms with E-state index in [0.29, 0.717) is 24.0 Å². The predicted molar refractivity (Wildman–Crippen MR) is 95.8 cm³/mol. The molecule has 5 rings (SSSR count). The minimum absolute atomic E-state index is 0.0946. The van der Waals surface area contributed by atoms with Gasteiger partial charge in [-0.1, -0.05) is 35.5 Å². The maximum Gasteiger partial charge on any atom is 0.274 e. The van der Waals surface area contributed by atoms with Gasteiger partial charge in [-0.25, -0.2) is 4.98 Å². The number of nitrogens with zero attached hydrogens (tertiary/aromatic N) is 5. The molecule has 0 aliphatic carbocycles. The Bertz CT molecular complexity index is 1040. The molecule has 1 saturated heterocycles. The minimum atomic E-state index is -0.202. The summed E-state index contributed by atoms with van der Waals surface area (Å²) >= 11 is 1.51. The predicted octanol–water partition coefficient (Wildman–Crippen LogP) is 3.42. The molecule has 8 heteroatoms. The van der Waals surface area contributed by atoms with Gasteiger partial charge in [0.15, 0.2) is 4.96 Å². The maximum absolute atomic E-state index is 12.9. The number of thiazole rings is 1. The van der Waals surface area contributed by atoms with Crippen molar-refractivity contribution in [2.75, 3.05) is 6.54 Å². The number of carbonyl (C=O) groups excluding carboxylic acids is 1. The van der Waals surface area contributed by atoms with Crippen LogP contribution in [0.2, 0.25) is 0 Å². The molecule has 0 spiro atoms. The average molecular weight is 365 g/mol. The summed E-state index contributed by atoms with van der Waals surface area (Å²) in [5.74, 6) is 0.931. The minimum Gasteiger partial charge on any atom is -0.337 e. The number of hydrogen-bond donors (Lipinski definition) is 0. The van der Waals surface area contributed by atoms with E-state index in [1.54, 1.807) is 11.1 Å². The molecule has 1 aliphatic rings. The summed E-state index contributed by atoms with van der Waals surface area (Å²) in [6.07, 6.45) is 5.38. The summed E-state index contributed by atoms with van der Waals surface area (Å²) in [6.45, 7) is 0.664. The molecule has 1 aromatic carbocycles. The molecule has 1 fully saturated rings. The lowest BCUT2D eigenvalue weighted by atomic mass is 10.2. The highest BCUT2D eigenvalue weighted by molar-refractivity contribution is 7.15. The van der Waals surface area contributed by atoms with Crippen molar-refractivity contribution in [3.8, 4) is 11.4 Å². The Labute approximate surface area is 152 Å². The van der Waals surface area contributed by atoms with Crippen LogP contribution in [0.1, 0.15) is 35.3 Å². The molecule has 1 amide bonds. The highest BCUT2D eigenvalue weighted by atomic mass is 32.1. The quantitative estimate of drug-likeness (QED) is 0.556. The van der Waals surface area contributed by atoms with E-state index in [-0.39, 0.29) is 11.9 Å². The summed E-state index contributed by atoms with van der Waals surface area (Å²) in [4.78, 5) is 24.5. The van der Waals surface area contributed by atoms with Crippen molar-refractivity contribution in [1.29, 1.82) is 0 Å². The highest BCUT2D eigenvalue weighted by Gasteiger charge is 2.35. The lowest BCUT2D eigenvalue weighted by Gasteiger charge is -2.20. The van der Waals surface area contributed by atoms with Crippen LogP contribution in [0.25, 0.3) is 16.3 Å². The Hall–Kier alpha value is -3.00. The zero-order chi connectivity index (χ0) is 17.5. The number of hydrogen-bond acceptors (Lipinski definition) is 6. The van der Waals surface area contributed by atoms with Crippen LogP contribution in [-0.4, -0.2) is 36.9 Å². The Morgan fingerprint density at radius 3 is 2.96 bits per heavy atom. The average Bonchev–Trinajstić information content (AvgIpc) is 3.44. The number of benzene rings is 1. The molecule has 0 radical (unpaired) electrons. The Balaban J connectivity index is 1.43. The summed E-state index contributed by atoms with van der Waals surface area (Å²) in [6, 6.07) is 9.47. The maximum atomic E-state index is 12.9. The van der Waals surface area contributed by atoms with E-state index in [1.807, 2.05) is 46.3 Å². The SMILES string of the molecule is O=C(c1cn2ccsc2n1)N1CCC[C@H]1c1nc(-c2ccccc2)no1. The molecule has 0 bridgehead atoms. The van der Waals surface area contributed by atoms with Crippen LogP contribution in [-0.2, 0) is 0 Å². The van der Waals surface area contributed by atoms with Crippen molar-refractivity contribution in [1.82, 2.24) is 24.4 Å². The van der Waals surface area contributed by atoms with Gasteiger partial charge in [0, 0.05) is 29.9 Å². The second-order valence-electron chi connectivity index (χ2n) is 6.20. The molecule has 4 aromatic rings. The van der Waals surface area contributed by atoms with Crippen LogP contribution in [0.3, 0.4) is 0 Å². The van der Waals surface area contributed by atoms with Crippen LogP contribution >= 0.6 is 11.3 Å². The van der Waals surface area contributed by atoms with Crippen molar-refractivity contribution in [2.24, 2.45) is 0 Å². The van der Waals surface area contributed by atoms with Gasteiger partial charge in [0.2, 0.25) is 11.7 Å². The molecule has 4 heterocycles. The zero-order valence-corrected chi connectivity index (χ0v) is 14.6. The monoisotopic (exact) mass is 365 g/mol. The second-order valence-corrected chi connectivity index (χ2v) is 7.07. The molecule has 1 aliphatic heterocycles. The second kappa shape index (κ2) is 6.06. The highest BCUT2D eigenvalue weighted by Crippen LogP contribution is 2.33. The first-order valence-corrected chi connectivity index (χ1v) is 9.30. The van der Waals surface area contributed by atoms with Gasteiger partial charge in [-0.3, -0.25) is 9.20 Å². The van der Waals surface area contributed by atoms with Crippen LogP contribution in [0.15, 0.2) is 52.6 Å². The molecule has 130 valence electrons. The number of amides is 1. The summed E-state index contributed by atoms with van der Waals surface area (Å²) < 4.78 is 7.35. The van der Waals surface area contributed by atoms with Crippen molar-refractivity contribution < 1.29 is 9.32 Å². The number of rotatable bonds is 3. The van der Waals surface area contributed by atoms with Crippen LogP contribution < -0.4 is 0 Å². The van der Waals surface area contributed by atoms with Crippen molar-refractivity contribution in [2.45, 2.75) is 18.9 Å². The topological polar surface area (TPSA) is 76.5 Å². The first-order valence-electron chi connectivity index (χ1n) is 8.42. The summed E-state index contributed by atoms with van der Waals surface area (Å²) in [7, 11) is 0. The summed E-state index contributed by atoms with van der Waals surface area (Å²) in [5, 5.41) is 6.03. The van der Waals surface area contributed by atoms with Gasteiger partial charge >= 0.3 is 0 Å². The van der Waals surface area contributed by atoms with Gasteiger partial charge < -0.3 is 9.42 Å². The Morgan fingerprint density at radius 1 is 1.23 bits per heavy atom. The lowest BCUT2D eigenvalue weighted by molar-refractivity contribution is 0.0705. The van der Waals surface area contributed by atoms with E-state index in [2.05, 4.69) is 15.1 Å². The van der Waals surface area contributed by atoms with Crippen LogP contribution in [0.5, 0.6) is 0 Å². The van der Waals surface area contributed by atoms with Crippen LogP contribution in [0.4, 0.5) is 0 Å². The van der Waals surface area contributed by atoms with E-state index < -0.39 is 0 Å². The standard InChI is InChI=1S/C18H15N5O2S/c24-17(13-11-22-9-10-26-18(22)19-13)23-8-4-7-14(23)16-20-15(21-25-16)12-5-2-1-3-6-12/h1-3,5-6,9-11,14H,4,7-8H2/t14-/m0/s1. The number of imidazole rings is 1. The molecule has 1 atom stereocenters. The van der Waals surface area contributed by atoms with E-state index in [1.165, 1.54) is 11.3 Å². The fraction of sp³-hybridized carbons (Fsp3) is 0.222. The van der Waals surface area contributed by atoms with Gasteiger partial charge in [-0.05, 0) is 12.8 Å². The molecule has 0 N–H and O–H groups in total. The normalized spacial score (nSPS) is 17.2. The molecule has 26 heavy (non-hydrogen) atoms. The number of likely N-dealkylation sites (tertiary alicyclic amines) is 1. The summed E-state index contributed by atoms with van der Waals surface area (Å²) in [5.41, 5.74) is 1.35. The molecule has 7 nitrogen and oxygen atoms in total.